The molecule has 1 aliphatic rings. The number of benzene rings is 1. The molecule has 0 aromatic heterocycles. The number of phenols is 1. The van der Waals surface area contributed by atoms with Gasteiger partial charge in [0.2, 0.25) is 0 Å². The minimum Gasteiger partial charge on any atom is -0.504 e. The zero-order valence-electron chi connectivity index (χ0n) is 13.5. The van der Waals surface area contributed by atoms with E-state index < -0.39 is 15.4 Å². The van der Waals surface area contributed by atoms with E-state index in [0.717, 1.165) is 25.7 Å². The van der Waals surface area contributed by atoms with Gasteiger partial charge in [0.1, 0.15) is 0 Å². The molecule has 1 aromatic rings. The number of hydrogen-bond acceptors (Lipinski definition) is 5. The van der Waals surface area contributed by atoms with E-state index >= 15 is 0 Å². The molecule has 0 aliphatic carbocycles. The van der Waals surface area contributed by atoms with Crippen LogP contribution < -0.4 is 10.1 Å². The van der Waals surface area contributed by atoms with E-state index in [0.29, 0.717) is 12.1 Å². The van der Waals surface area contributed by atoms with Gasteiger partial charge in [-0.15, -0.1) is 0 Å². The van der Waals surface area contributed by atoms with Crippen LogP contribution >= 0.6 is 0 Å². The number of ether oxygens (including phenoxy) is 1. The number of rotatable bonds is 5. The molecule has 0 radical (unpaired) electrons. The van der Waals surface area contributed by atoms with Crippen molar-refractivity contribution in [3.05, 3.63) is 17.7 Å². The highest BCUT2D eigenvalue weighted by Crippen LogP contribution is 2.36. The molecule has 6 heteroatoms. The smallest absolute Gasteiger partial charge is 0.180 e. The van der Waals surface area contributed by atoms with Crippen LogP contribution in [0, 0.1) is 0 Å². The van der Waals surface area contributed by atoms with E-state index in [9.17, 15) is 13.5 Å². The van der Waals surface area contributed by atoms with Gasteiger partial charge in [-0.05, 0) is 24.5 Å². The standard InChI is InChI=1S/C16H25NO4S/c1-4-6-7-16(5-2)11-22(19,20)15-9-14(21-3)13(18)8-12(15)10-17-16/h8-9,17-18H,4-7,10-11H2,1-3H3/t16-/m1/s1. The second kappa shape index (κ2) is 6.46. The monoisotopic (exact) mass is 327 g/mol. The maximum Gasteiger partial charge on any atom is 0.180 e. The van der Waals surface area contributed by atoms with Crippen LogP contribution in [0.25, 0.3) is 0 Å². The SMILES string of the molecule is CCCC[C@]1(CC)CS(=O)(=O)c2cc(OC)c(O)cc2CN1. The fourth-order valence-electron chi connectivity index (χ4n) is 3.04. The fraction of sp³-hybridized carbons (Fsp3) is 0.625. The van der Waals surface area contributed by atoms with E-state index in [1.165, 1.54) is 19.2 Å². The lowest BCUT2D eigenvalue weighted by Crippen LogP contribution is -2.48. The van der Waals surface area contributed by atoms with E-state index in [-0.39, 0.29) is 22.1 Å². The van der Waals surface area contributed by atoms with Crippen LogP contribution in [-0.4, -0.2) is 31.9 Å². The summed E-state index contributed by atoms with van der Waals surface area (Å²) in [6.45, 7) is 4.56. The maximum absolute atomic E-state index is 12.8. The number of aromatic hydroxyl groups is 1. The van der Waals surface area contributed by atoms with Crippen molar-refractivity contribution in [2.75, 3.05) is 12.9 Å². The van der Waals surface area contributed by atoms with Gasteiger partial charge in [-0.1, -0.05) is 26.7 Å². The minimum absolute atomic E-state index is 0.0317. The summed E-state index contributed by atoms with van der Waals surface area (Å²) in [5.41, 5.74) is 0.196. The highest BCUT2D eigenvalue weighted by molar-refractivity contribution is 7.91. The van der Waals surface area contributed by atoms with Gasteiger partial charge in [-0.3, -0.25) is 0 Å². The summed E-state index contributed by atoms with van der Waals surface area (Å²) in [4.78, 5) is 0.265. The molecule has 0 saturated carbocycles. The molecule has 1 aliphatic heterocycles. The van der Waals surface area contributed by atoms with E-state index in [1.54, 1.807) is 0 Å². The summed E-state index contributed by atoms with van der Waals surface area (Å²) in [5.74, 6) is 0.243. The van der Waals surface area contributed by atoms with Crippen molar-refractivity contribution in [1.82, 2.24) is 5.32 Å². The molecule has 1 heterocycles. The molecular formula is C16H25NO4S. The Bertz CT molecular complexity index is 642. The molecule has 0 saturated heterocycles. The first-order valence-corrected chi connectivity index (χ1v) is 9.40. The van der Waals surface area contributed by atoms with Crippen molar-refractivity contribution in [2.24, 2.45) is 0 Å². The molecule has 124 valence electrons. The maximum atomic E-state index is 12.8. The Hall–Kier alpha value is -1.27. The number of sulfone groups is 1. The Morgan fingerprint density at radius 3 is 2.68 bits per heavy atom. The van der Waals surface area contributed by atoms with Crippen LogP contribution in [0.4, 0.5) is 0 Å². The molecule has 2 N–H and O–H groups in total. The Morgan fingerprint density at radius 2 is 2.09 bits per heavy atom. The number of fused-ring (bicyclic) bond motifs is 1. The van der Waals surface area contributed by atoms with Crippen molar-refractivity contribution < 1.29 is 18.3 Å². The molecule has 1 atom stereocenters. The third-order valence-corrected chi connectivity index (χ3v) is 6.49. The number of phenolic OH excluding ortho intramolecular Hbond substituents is 1. The van der Waals surface area contributed by atoms with Gasteiger partial charge >= 0.3 is 0 Å². The van der Waals surface area contributed by atoms with Gasteiger partial charge in [0.15, 0.2) is 21.3 Å². The quantitative estimate of drug-likeness (QED) is 0.869. The van der Waals surface area contributed by atoms with Gasteiger partial charge in [0.25, 0.3) is 0 Å². The van der Waals surface area contributed by atoms with Crippen LogP contribution in [0.1, 0.15) is 45.1 Å². The first-order valence-electron chi connectivity index (χ1n) is 7.75. The van der Waals surface area contributed by atoms with Gasteiger partial charge < -0.3 is 15.2 Å². The summed E-state index contributed by atoms with van der Waals surface area (Å²) in [6, 6.07) is 2.93. The number of nitrogens with one attached hydrogen (secondary N) is 1. The molecule has 1 aromatic carbocycles. The second-order valence-electron chi connectivity index (χ2n) is 5.98. The van der Waals surface area contributed by atoms with Crippen LogP contribution in [-0.2, 0) is 16.4 Å². The topological polar surface area (TPSA) is 75.6 Å². The molecule has 0 bridgehead atoms. The highest BCUT2D eigenvalue weighted by Gasteiger charge is 2.38. The molecular weight excluding hydrogens is 302 g/mol. The predicted molar refractivity (Wildman–Crippen MR) is 86.1 cm³/mol. The molecule has 0 spiro atoms. The summed E-state index contributed by atoms with van der Waals surface area (Å²) < 4.78 is 30.7. The first-order chi connectivity index (χ1) is 10.4. The van der Waals surface area contributed by atoms with Gasteiger partial charge in [0.05, 0.1) is 17.8 Å². The summed E-state index contributed by atoms with van der Waals surface area (Å²) in [5, 5.41) is 13.3. The Morgan fingerprint density at radius 1 is 1.36 bits per heavy atom. The highest BCUT2D eigenvalue weighted by atomic mass is 32.2. The lowest BCUT2D eigenvalue weighted by atomic mass is 9.91. The summed E-state index contributed by atoms with van der Waals surface area (Å²) in [7, 11) is -2.01. The van der Waals surface area contributed by atoms with E-state index in [4.69, 9.17) is 4.74 Å². The van der Waals surface area contributed by atoms with Crippen molar-refractivity contribution in [2.45, 2.75) is 56.5 Å². The zero-order chi connectivity index (χ0) is 16.4. The van der Waals surface area contributed by atoms with Gasteiger partial charge in [-0.25, -0.2) is 8.42 Å². The van der Waals surface area contributed by atoms with E-state index in [1.807, 2.05) is 6.92 Å². The molecule has 5 nitrogen and oxygen atoms in total. The van der Waals surface area contributed by atoms with Crippen molar-refractivity contribution >= 4 is 9.84 Å². The average molecular weight is 327 g/mol. The normalized spacial score (nSPS) is 23.6. The van der Waals surface area contributed by atoms with Crippen LogP contribution in [0.3, 0.4) is 0 Å². The Labute approximate surface area is 132 Å². The van der Waals surface area contributed by atoms with Crippen molar-refractivity contribution in [1.29, 1.82) is 0 Å². The number of hydrogen-bond donors (Lipinski definition) is 2. The van der Waals surface area contributed by atoms with Gasteiger partial charge in [0, 0.05) is 18.2 Å². The molecule has 2 rings (SSSR count). The number of methoxy groups -OCH3 is 1. The van der Waals surface area contributed by atoms with Crippen molar-refractivity contribution in [3.63, 3.8) is 0 Å². The van der Waals surface area contributed by atoms with Crippen LogP contribution in [0.15, 0.2) is 17.0 Å². The third kappa shape index (κ3) is 3.22. The lowest BCUT2D eigenvalue weighted by molar-refractivity contribution is 0.313. The minimum atomic E-state index is -3.43. The lowest BCUT2D eigenvalue weighted by Gasteiger charge is -2.32. The molecule has 0 amide bonds. The third-order valence-electron chi connectivity index (χ3n) is 4.50. The molecule has 0 fully saturated rings. The number of unbranched alkanes of at least 4 members (excludes halogenated alkanes) is 1. The van der Waals surface area contributed by atoms with Crippen LogP contribution in [0.2, 0.25) is 0 Å². The van der Waals surface area contributed by atoms with Crippen LogP contribution in [0.5, 0.6) is 11.5 Å². The second-order valence-corrected chi connectivity index (χ2v) is 7.94. The molecule has 22 heavy (non-hydrogen) atoms. The summed E-state index contributed by atoms with van der Waals surface area (Å²) >= 11 is 0. The first kappa shape index (κ1) is 17.1. The van der Waals surface area contributed by atoms with Gasteiger partial charge in [-0.2, -0.15) is 0 Å². The molecule has 0 unspecified atom stereocenters. The summed E-state index contributed by atoms with van der Waals surface area (Å²) in [6.07, 6.45) is 3.60. The Balaban J connectivity index is 2.47. The predicted octanol–water partition coefficient (Wildman–Crippen LogP) is 2.62. The van der Waals surface area contributed by atoms with E-state index in [2.05, 4.69) is 12.2 Å². The Kier molecular flexibility index (Phi) is 5.02. The zero-order valence-corrected chi connectivity index (χ0v) is 14.3. The largest absolute Gasteiger partial charge is 0.504 e. The average Bonchev–Trinajstić information content (AvgIpc) is 2.59. The fourth-order valence-corrected chi connectivity index (χ4v) is 5.19. The van der Waals surface area contributed by atoms with Crippen molar-refractivity contribution in [3.8, 4) is 11.5 Å².